The molecule has 2 heterocycles. The predicted octanol–water partition coefficient (Wildman–Crippen LogP) is 3.07. The van der Waals surface area contributed by atoms with Crippen LogP contribution < -0.4 is 29.7 Å². The highest BCUT2D eigenvalue weighted by Gasteiger charge is 2.19. The summed E-state index contributed by atoms with van der Waals surface area (Å²) in [6.45, 7) is 3.67. The Morgan fingerprint density at radius 3 is 2.38 bits per heavy atom. The summed E-state index contributed by atoms with van der Waals surface area (Å²) in [6.07, 6.45) is 3.00. The fraction of sp³-hybridized carbons (Fsp3) is 0.346. The molecular formula is C26H31FN6O4. The van der Waals surface area contributed by atoms with E-state index in [1.54, 1.807) is 7.11 Å². The lowest BCUT2D eigenvalue weighted by Crippen LogP contribution is -2.44. The topological polar surface area (TPSA) is 101 Å². The van der Waals surface area contributed by atoms with Crippen LogP contribution in [0.4, 0.5) is 21.7 Å². The quantitative estimate of drug-likeness (QED) is 0.450. The minimum Gasteiger partial charge on any atom is -0.495 e. The molecule has 1 fully saturated rings. The first-order valence-electron chi connectivity index (χ1n) is 11.8. The van der Waals surface area contributed by atoms with E-state index in [2.05, 4.69) is 37.4 Å². The average molecular weight is 511 g/mol. The lowest BCUT2D eigenvalue weighted by atomic mass is 10.1. The van der Waals surface area contributed by atoms with Crippen LogP contribution in [0.1, 0.15) is 15.9 Å². The largest absolute Gasteiger partial charge is 0.495 e. The standard InChI is InChI=1S/C26H31FN6O4/c1-28-25(34)17-11-18(24(27)23(12-17)36-4)16-37-20-14-29-26(30-15-20)31-19-5-6-22(35-3)21(13-19)33-9-7-32(2)8-10-33/h5-6,11-15H,7-10,16H2,1-4H3,(H,28,34)(H,29,30,31). The van der Waals surface area contributed by atoms with Gasteiger partial charge in [0.2, 0.25) is 5.95 Å². The smallest absolute Gasteiger partial charge is 0.251 e. The van der Waals surface area contributed by atoms with Crippen LogP contribution in [0.2, 0.25) is 0 Å². The van der Waals surface area contributed by atoms with Gasteiger partial charge in [0.05, 0.1) is 32.3 Å². The minimum atomic E-state index is -0.593. The van der Waals surface area contributed by atoms with E-state index in [1.165, 1.54) is 38.7 Å². The molecule has 1 aromatic heterocycles. The molecule has 0 saturated carbocycles. The predicted molar refractivity (Wildman–Crippen MR) is 139 cm³/mol. The number of halogens is 1. The lowest BCUT2D eigenvalue weighted by molar-refractivity contribution is 0.0962. The Morgan fingerprint density at radius 2 is 1.73 bits per heavy atom. The molecule has 0 aliphatic carbocycles. The molecule has 196 valence electrons. The SMILES string of the molecule is CNC(=O)c1cc(COc2cnc(Nc3ccc(OC)c(N4CCN(C)CC4)c3)nc2)c(F)c(OC)c1. The molecule has 0 unspecified atom stereocenters. The molecule has 0 spiro atoms. The van der Waals surface area contributed by atoms with Gasteiger partial charge in [0.25, 0.3) is 5.91 Å². The first-order chi connectivity index (χ1) is 17.9. The first-order valence-corrected chi connectivity index (χ1v) is 11.8. The Bertz CT molecular complexity index is 1230. The van der Waals surface area contributed by atoms with Crippen LogP contribution >= 0.6 is 0 Å². The van der Waals surface area contributed by atoms with E-state index >= 15 is 0 Å². The molecule has 0 bridgehead atoms. The minimum absolute atomic E-state index is 0.0362. The monoisotopic (exact) mass is 510 g/mol. The third-order valence-corrected chi connectivity index (χ3v) is 6.13. The van der Waals surface area contributed by atoms with Gasteiger partial charge >= 0.3 is 0 Å². The van der Waals surface area contributed by atoms with E-state index in [-0.39, 0.29) is 29.4 Å². The summed E-state index contributed by atoms with van der Waals surface area (Å²) in [7, 11) is 6.63. The van der Waals surface area contributed by atoms with Crippen LogP contribution in [0.5, 0.6) is 17.2 Å². The van der Waals surface area contributed by atoms with Gasteiger partial charge in [0.1, 0.15) is 12.4 Å². The summed E-state index contributed by atoms with van der Waals surface area (Å²) < 4.78 is 31.0. The van der Waals surface area contributed by atoms with E-state index in [4.69, 9.17) is 14.2 Å². The van der Waals surface area contributed by atoms with Gasteiger partial charge in [0, 0.05) is 50.0 Å². The maximum absolute atomic E-state index is 14.7. The Morgan fingerprint density at radius 1 is 1.03 bits per heavy atom. The van der Waals surface area contributed by atoms with E-state index in [1.807, 2.05) is 18.2 Å². The number of likely N-dealkylation sites (N-methyl/N-ethyl adjacent to an activating group) is 1. The van der Waals surface area contributed by atoms with Crippen molar-refractivity contribution < 1.29 is 23.4 Å². The maximum atomic E-state index is 14.7. The Kier molecular flexibility index (Phi) is 8.24. The van der Waals surface area contributed by atoms with Gasteiger partial charge < -0.3 is 34.6 Å². The first kappa shape index (κ1) is 26.0. The van der Waals surface area contributed by atoms with Crippen LogP contribution in [-0.4, -0.2) is 75.3 Å². The van der Waals surface area contributed by atoms with Gasteiger partial charge in [-0.1, -0.05) is 0 Å². The average Bonchev–Trinajstić information content (AvgIpc) is 2.93. The van der Waals surface area contributed by atoms with Crippen molar-refractivity contribution in [2.24, 2.45) is 0 Å². The zero-order valence-corrected chi connectivity index (χ0v) is 21.4. The van der Waals surface area contributed by atoms with Crippen molar-refractivity contribution in [2.45, 2.75) is 6.61 Å². The van der Waals surface area contributed by atoms with E-state index in [0.29, 0.717) is 11.7 Å². The van der Waals surface area contributed by atoms with Crippen molar-refractivity contribution in [3.05, 3.63) is 59.7 Å². The molecule has 1 aliphatic rings. The number of benzene rings is 2. The van der Waals surface area contributed by atoms with Crippen molar-refractivity contribution >= 4 is 23.2 Å². The maximum Gasteiger partial charge on any atom is 0.251 e. The summed E-state index contributed by atoms with van der Waals surface area (Å²) >= 11 is 0. The molecule has 1 amide bonds. The van der Waals surface area contributed by atoms with Crippen molar-refractivity contribution in [1.29, 1.82) is 0 Å². The van der Waals surface area contributed by atoms with Gasteiger partial charge in [-0.2, -0.15) is 0 Å². The van der Waals surface area contributed by atoms with Crippen LogP contribution in [0.3, 0.4) is 0 Å². The van der Waals surface area contributed by atoms with Crippen LogP contribution in [0.15, 0.2) is 42.7 Å². The molecule has 0 radical (unpaired) electrons. The number of amides is 1. The third-order valence-electron chi connectivity index (χ3n) is 6.13. The number of carbonyl (C=O) groups excluding carboxylic acids is 1. The normalized spacial score (nSPS) is 13.7. The summed E-state index contributed by atoms with van der Waals surface area (Å²) in [6, 6.07) is 8.61. The fourth-order valence-corrected chi connectivity index (χ4v) is 3.99. The highest BCUT2D eigenvalue weighted by molar-refractivity contribution is 5.94. The molecule has 11 heteroatoms. The number of carbonyl (C=O) groups is 1. The van der Waals surface area contributed by atoms with Crippen LogP contribution in [0.25, 0.3) is 0 Å². The molecule has 10 nitrogen and oxygen atoms in total. The van der Waals surface area contributed by atoms with E-state index in [0.717, 1.165) is 43.3 Å². The summed E-state index contributed by atoms with van der Waals surface area (Å²) in [5.74, 6) is 0.561. The number of nitrogens with one attached hydrogen (secondary N) is 2. The Balaban J connectivity index is 1.43. The van der Waals surface area contributed by atoms with Gasteiger partial charge in [-0.05, 0) is 37.4 Å². The molecule has 37 heavy (non-hydrogen) atoms. The number of aromatic nitrogens is 2. The summed E-state index contributed by atoms with van der Waals surface area (Å²) in [5.41, 5.74) is 2.28. The molecule has 2 aromatic carbocycles. The lowest BCUT2D eigenvalue weighted by Gasteiger charge is -2.34. The number of hydrogen-bond donors (Lipinski definition) is 2. The Hall–Kier alpha value is -4.12. The number of hydrogen-bond acceptors (Lipinski definition) is 9. The molecule has 1 aliphatic heterocycles. The van der Waals surface area contributed by atoms with Gasteiger partial charge in [0.15, 0.2) is 17.3 Å². The molecule has 0 atom stereocenters. The molecule has 2 N–H and O–H groups in total. The van der Waals surface area contributed by atoms with Gasteiger partial charge in [-0.3, -0.25) is 4.79 Å². The van der Waals surface area contributed by atoms with E-state index < -0.39 is 5.82 Å². The second-order valence-electron chi connectivity index (χ2n) is 8.56. The summed E-state index contributed by atoms with van der Waals surface area (Å²) in [5, 5.41) is 5.72. The summed E-state index contributed by atoms with van der Waals surface area (Å²) in [4.78, 5) is 25.2. The molecular weight excluding hydrogens is 479 g/mol. The van der Waals surface area contributed by atoms with Crippen LogP contribution in [-0.2, 0) is 6.61 Å². The molecule has 3 aromatic rings. The second-order valence-corrected chi connectivity index (χ2v) is 8.56. The third kappa shape index (κ3) is 6.18. The van der Waals surface area contributed by atoms with Crippen molar-refractivity contribution in [2.75, 3.05) is 64.7 Å². The number of anilines is 3. The van der Waals surface area contributed by atoms with E-state index in [9.17, 15) is 9.18 Å². The Labute approximate surface area is 215 Å². The fourth-order valence-electron chi connectivity index (χ4n) is 3.99. The number of piperazine rings is 1. The second kappa shape index (κ2) is 11.7. The van der Waals surface area contributed by atoms with Crippen molar-refractivity contribution in [3.63, 3.8) is 0 Å². The van der Waals surface area contributed by atoms with Gasteiger partial charge in [-0.25, -0.2) is 14.4 Å². The zero-order chi connectivity index (χ0) is 26.4. The number of methoxy groups -OCH3 is 2. The number of rotatable bonds is 9. The number of nitrogens with zero attached hydrogens (tertiary/aromatic N) is 4. The van der Waals surface area contributed by atoms with Crippen molar-refractivity contribution in [3.8, 4) is 17.2 Å². The zero-order valence-electron chi connectivity index (χ0n) is 21.4. The highest BCUT2D eigenvalue weighted by Crippen LogP contribution is 2.33. The number of ether oxygens (including phenoxy) is 3. The molecule has 4 rings (SSSR count). The van der Waals surface area contributed by atoms with Crippen molar-refractivity contribution in [1.82, 2.24) is 20.2 Å². The van der Waals surface area contributed by atoms with Crippen LogP contribution in [0, 0.1) is 5.82 Å². The highest BCUT2D eigenvalue weighted by atomic mass is 19.1. The molecule has 1 saturated heterocycles. The van der Waals surface area contributed by atoms with Gasteiger partial charge in [-0.15, -0.1) is 0 Å².